The van der Waals surface area contributed by atoms with E-state index < -0.39 is 16.8 Å². The lowest BCUT2D eigenvalue weighted by Crippen LogP contribution is -2.69. The van der Waals surface area contributed by atoms with Crippen molar-refractivity contribution < 1.29 is 24.2 Å². The summed E-state index contributed by atoms with van der Waals surface area (Å²) in [7, 11) is 0. The molecule has 9 rings (SSSR count). The average molecular weight is 637 g/mol. The summed E-state index contributed by atoms with van der Waals surface area (Å²) in [6.45, 7) is 16.3. The van der Waals surface area contributed by atoms with Crippen LogP contribution < -0.4 is 0 Å². The van der Waals surface area contributed by atoms with Gasteiger partial charge in [-0.2, -0.15) is 0 Å². The fourth-order valence-electron chi connectivity index (χ4n) is 14.0. The quantitative estimate of drug-likeness (QED) is 0.231. The molecule has 0 aromatic heterocycles. The summed E-state index contributed by atoms with van der Waals surface area (Å²) in [5.74, 6) is 1.31. The summed E-state index contributed by atoms with van der Waals surface area (Å²) in [5.41, 5.74) is -1.24. The second kappa shape index (κ2) is 11.4. The highest BCUT2D eigenvalue weighted by molar-refractivity contribution is 5.94. The highest BCUT2D eigenvalue weighted by Gasteiger charge is 3.01. The number of carboxylic acid groups (broad SMARTS) is 1. The molecule has 6 aliphatic carbocycles. The molecule has 3 saturated heterocycles. The summed E-state index contributed by atoms with van der Waals surface area (Å²) in [6.07, 6.45) is 16.1. The van der Waals surface area contributed by atoms with Crippen molar-refractivity contribution in [2.24, 2.45) is 57.2 Å². The van der Waals surface area contributed by atoms with E-state index in [1.807, 2.05) is 0 Å². The SMILES string of the molecule is CCCCC1CC(C23C[C@@H]4[C@H](C)CC[C@H]4C4(C=O)CC25C3C=C(C(C)C)C45C(=O)O)OC1CN1CCC(N2CCCOCC2)CC1. The van der Waals surface area contributed by atoms with Gasteiger partial charge in [0.2, 0.25) is 0 Å². The van der Waals surface area contributed by atoms with Gasteiger partial charge in [-0.3, -0.25) is 9.69 Å². The zero-order valence-corrected chi connectivity index (χ0v) is 29.1. The Morgan fingerprint density at radius 2 is 1.93 bits per heavy atom. The number of hydrogen-bond donors (Lipinski definition) is 1. The molecule has 9 aliphatic rings. The maximum Gasteiger partial charge on any atom is 0.315 e. The molecule has 5 saturated carbocycles. The van der Waals surface area contributed by atoms with Gasteiger partial charge in [-0.05, 0) is 100.0 Å². The molecular formula is C39H60N2O5. The van der Waals surface area contributed by atoms with Gasteiger partial charge in [-0.25, -0.2) is 0 Å². The van der Waals surface area contributed by atoms with Gasteiger partial charge in [0.25, 0.3) is 0 Å². The van der Waals surface area contributed by atoms with Crippen molar-refractivity contribution in [2.45, 2.75) is 117 Å². The molecule has 3 heterocycles. The third kappa shape index (κ3) is 3.92. The van der Waals surface area contributed by atoms with Crippen LogP contribution in [0.5, 0.6) is 0 Å². The van der Waals surface area contributed by atoms with Crippen molar-refractivity contribution in [3.8, 4) is 0 Å². The number of unbranched alkanes of at least 4 members (excludes halogenated alkanes) is 1. The van der Waals surface area contributed by atoms with Gasteiger partial charge in [-0.15, -0.1) is 0 Å². The van der Waals surface area contributed by atoms with Gasteiger partial charge in [0, 0.05) is 43.1 Å². The number of rotatable bonds is 10. The number of carbonyl (C=O) groups excluding carboxylic acids is 1. The predicted molar refractivity (Wildman–Crippen MR) is 177 cm³/mol. The lowest BCUT2D eigenvalue weighted by Gasteiger charge is -2.64. The van der Waals surface area contributed by atoms with Gasteiger partial charge < -0.3 is 24.3 Å². The standard InChI is InChI=1S/C39H60N2O5/c1-5-6-8-27-19-34(46-32(27)22-40-14-11-28(12-15-40)41-13-7-17-45-18-16-41)37-21-29-26(4)9-10-30(29)36(24-42)23-38(37)33(37)20-31(25(2)3)39(36,38)35(43)44/h20,24-30,32-34H,5-19,21-23H2,1-4H3,(H,43,44)/t26-,27?,29-,30-,32?,33?,34?,36?,37?,38?,39?/m1/s1. The van der Waals surface area contributed by atoms with E-state index >= 15 is 0 Å². The summed E-state index contributed by atoms with van der Waals surface area (Å²) in [5, 5.41) is 11.4. The molecule has 0 radical (unpaired) electrons. The fourth-order valence-corrected chi connectivity index (χ4v) is 14.0. The van der Waals surface area contributed by atoms with Crippen molar-refractivity contribution >= 4 is 12.3 Å². The molecule has 8 fully saturated rings. The van der Waals surface area contributed by atoms with Crippen molar-refractivity contribution in [3.05, 3.63) is 11.6 Å². The van der Waals surface area contributed by atoms with Crippen LogP contribution in [0.4, 0.5) is 0 Å². The van der Waals surface area contributed by atoms with Gasteiger partial charge in [-0.1, -0.05) is 58.6 Å². The minimum atomic E-state index is -1.05. The van der Waals surface area contributed by atoms with Crippen LogP contribution in [0.2, 0.25) is 0 Å². The number of hydrogen-bond acceptors (Lipinski definition) is 6. The maximum absolute atomic E-state index is 13.9. The molecule has 256 valence electrons. The molecule has 1 N–H and O–H groups in total. The van der Waals surface area contributed by atoms with E-state index in [1.165, 1.54) is 44.9 Å². The van der Waals surface area contributed by atoms with Crippen LogP contribution in [0.25, 0.3) is 0 Å². The smallest absolute Gasteiger partial charge is 0.315 e. The zero-order valence-electron chi connectivity index (χ0n) is 29.1. The van der Waals surface area contributed by atoms with Crippen LogP contribution in [-0.2, 0) is 19.1 Å². The highest BCUT2D eigenvalue weighted by Crippen LogP contribution is 3.00. The normalized spacial score (nSPS) is 48.7. The molecule has 11 atom stereocenters. The molecule has 3 aliphatic heterocycles. The third-order valence-corrected chi connectivity index (χ3v) is 15.8. The van der Waals surface area contributed by atoms with Crippen LogP contribution in [-0.4, -0.2) is 91.3 Å². The molecule has 0 aromatic carbocycles. The van der Waals surface area contributed by atoms with Crippen LogP contribution in [0.3, 0.4) is 0 Å². The van der Waals surface area contributed by atoms with E-state index in [0.29, 0.717) is 23.8 Å². The Bertz CT molecular complexity index is 1240. The van der Waals surface area contributed by atoms with E-state index in [0.717, 1.165) is 83.5 Å². The fraction of sp³-hybridized carbons (Fsp3) is 0.897. The van der Waals surface area contributed by atoms with Crippen LogP contribution in [0.15, 0.2) is 11.6 Å². The summed E-state index contributed by atoms with van der Waals surface area (Å²) in [6, 6.07) is 0.671. The first kappa shape index (κ1) is 32.0. The Morgan fingerprint density at radius 1 is 1.13 bits per heavy atom. The number of likely N-dealkylation sites (tertiary alicyclic amines) is 1. The first-order valence-electron chi connectivity index (χ1n) is 19.3. The van der Waals surface area contributed by atoms with E-state index in [4.69, 9.17) is 9.47 Å². The first-order chi connectivity index (χ1) is 22.2. The summed E-state index contributed by atoms with van der Waals surface area (Å²) < 4.78 is 13.1. The molecule has 46 heavy (non-hydrogen) atoms. The number of ether oxygens (including phenoxy) is 2. The maximum atomic E-state index is 13.9. The largest absolute Gasteiger partial charge is 0.481 e. The van der Waals surface area contributed by atoms with Crippen LogP contribution in [0, 0.1) is 57.2 Å². The molecule has 0 aromatic rings. The lowest BCUT2D eigenvalue weighted by molar-refractivity contribution is -0.207. The molecular weight excluding hydrogens is 576 g/mol. The number of allylic oxidation sites excluding steroid dienone is 1. The number of carbonyl (C=O) groups is 2. The van der Waals surface area contributed by atoms with Crippen molar-refractivity contribution in [1.82, 2.24) is 9.80 Å². The minimum Gasteiger partial charge on any atom is -0.481 e. The Morgan fingerprint density at radius 3 is 2.65 bits per heavy atom. The van der Waals surface area contributed by atoms with Crippen LogP contribution >= 0.6 is 0 Å². The van der Waals surface area contributed by atoms with Crippen molar-refractivity contribution in [2.75, 3.05) is 45.9 Å². The predicted octanol–water partition coefficient (Wildman–Crippen LogP) is 6.06. The topological polar surface area (TPSA) is 79.3 Å². The molecule has 2 bridgehead atoms. The van der Waals surface area contributed by atoms with E-state index in [2.05, 4.69) is 43.6 Å². The van der Waals surface area contributed by atoms with Gasteiger partial charge in [0.15, 0.2) is 0 Å². The molecule has 1 spiro atoms. The van der Waals surface area contributed by atoms with Crippen molar-refractivity contribution in [3.63, 3.8) is 0 Å². The van der Waals surface area contributed by atoms with E-state index in [-0.39, 0.29) is 40.8 Å². The second-order valence-corrected chi connectivity index (χ2v) is 17.5. The Balaban J connectivity index is 1.08. The number of carboxylic acids is 1. The van der Waals surface area contributed by atoms with E-state index in [1.54, 1.807) is 0 Å². The molecule has 7 heteroatoms. The zero-order chi connectivity index (χ0) is 32.1. The number of aldehydes is 1. The number of piperidine rings is 1. The average Bonchev–Trinajstić information content (AvgIpc) is 3.22. The third-order valence-electron chi connectivity index (χ3n) is 15.8. The molecule has 0 amide bonds. The minimum absolute atomic E-state index is 0.0962. The Hall–Kier alpha value is -1.28. The van der Waals surface area contributed by atoms with E-state index in [9.17, 15) is 14.7 Å². The first-order valence-corrected chi connectivity index (χ1v) is 19.3. The van der Waals surface area contributed by atoms with Gasteiger partial charge in [0.1, 0.15) is 11.7 Å². The number of nitrogens with zero attached hydrogens (tertiary/aromatic N) is 2. The van der Waals surface area contributed by atoms with Crippen molar-refractivity contribution in [1.29, 1.82) is 0 Å². The Kier molecular flexibility index (Phi) is 7.91. The second-order valence-electron chi connectivity index (χ2n) is 17.5. The van der Waals surface area contributed by atoms with Gasteiger partial charge in [0.05, 0.1) is 24.2 Å². The summed E-state index contributed by atoms with van der Waals surface area (Å²) >= 11 is 0. The van der Waals surface area contributed by atoms with Gasteiger partial charge >= 0.3 is 5.97 Å². The highest BCUT2D eigenvalue weighted by atomic mass is 16.5. The molecule has 7 nitrogen and oxygen atoms in total. The summed E-state index contributed by atoms with van der Waals surface area (Å²) in [4.78, 5) is 32.7. The Labute approximate surface area is 277 Å². The monoisotopic (exact) mass is 636 g/mol. The molecule has 8 unspecified atom stereocenters. The number of aliphatic carboxylic acids is 1. The van der Waals surface area contributed by atoms with Crippen LogP contribution in [0.1, 0.15) is 98.3 Å². The lowest BCUT2D eigenvalue weighted by atomic mass is 9.35.